The Morgan fingerprint density at radius 1 is 1.30 bits per heavy atom. The van der Waals surface area contributed by atoms with E-state index in [-0.39, 0.29) is 5.50 Å². The van der Waals surface area contributed by atoms with Crippen LogP contribution in [0.15, 0.2) is 17.1 Å². The number of hydrogen-bond acceptors (Lipinski definition) is 7. The summed E-state index contributed by atoms with van der Waals surface area (Å²) in [6.45, 7) is 1.00. The fourth-order valence-corrected chi connectivity index (χ4v) is 7.85. The zero-order chi connectivity index (χ0) is 18.6. The lowest BCUT2D eigenvalue weighted by molar-refractivity contribution is 0.253. The molecule has 2 aliphatic carbocycles. The zero-order valence-corrected chi connectivity index (χ0v) is 18.7. The topological polar surface area (TPSA) is 48.4 Å². The molecule has 1 saturated carbocycles. The lowest BCUT2D eigenvalue weighted by Gasteiger charge is -2.36. The second-order valence-electron chi connectivity index (χ2n) is 8.32. The van der Waals surface area contributed by atoms with E-state index >= 15 is 0 Å². The Morgan fingerprint density at radius 2 is 2.22 bits per heavy atom. The van der Waals surface area contributed by atoms with Crippen LogP contribution in [-0.4, -0.2) is 58.5 Å². The Morgan fingerprint density at radius 3 is 3.07 bits per heavy atom. The highest BCUT2D eigenvalue weighted by atomic mass is 32.2. The maximum absolute atomic E-state index is 4.83. The zero-order valence-electron chi connectivity index (χ0n) is 16.2. The third kappa shape index (κ3) is 5.28. The molecule has 27 heavy (non-hydrogen) atoms. The van der Waals surface area contributed by atoms with Crippen LogP contribution in [0.3, 0.4) is 0 Å². The van der Waals surface area contributed by atoms with Crippen LogP contribution >= 0.6 is 36.2 Å². The van der Waals surface area contributed by atoms with Crippen molar-refractivity contribution in [1.29, 1.82) is 0 Å². The number of rotatable bonds is 6. The lowest BCUT2D eigenvalue weighted by Crippen LogP contribution is -2.52. The molecule has 3 N–H and O–H groups in total. The highest BCUT2D eigenvalue weighted by Crippen LogP contribution is 2.40. The SMILES string of the molecule is CSC1CCC=CC1NC(S)NC1CCCC(C2NC3CC=NCC3S2)C1. The molecular formula is C20H34N4S3. The first-order valence-electron chi connectivity index (χ1n) is 10.5. The van der Waals surface area contributed by atoms with E-state index < -0.39 is 0 Å². The van der Waals surface area contributed by atoms with Crippen molar-refractivity contribution in [3.05, 3.63) is 12.2 Å². The Bertz CT molecular complexity index is 527. The largest absolute Gasteiger partial charge is 0.301 e. The molecule has 4 nitrogen and oxygen atoms in total. The molecule has 0 aromatic heterocycles. The lowest BCUT2D eigenvalue weighted by atomic mass is 9.85. The van der Waals surface area contributed by atoms with E-state index in [2.05, 4.69) is 57.3 Å². The van der Waals surface area contributed by atoms with Crippen LogP contribution in [0.5, 0.6) is 0 Å². The number of aliphatic imine (C=N–C) groups is 1. The highest BCUT2D eigenvalue weighted by molar-refractivity contribution is 8.00. The van der Waals surface area contributed by atoms with Gasteiger partial charge in [0.05, 0.1) is 11.9 Å². The molecule has 8 unspecified atom stereocenters. The first-order chi connectivity index (χ1) is 13.2. The van der Waals surface area contributed by atoms with E-state index in [1.807, 2.05) is 11.8 Å². The molecule has 7 heteroatoms. The van der Waals surface area contributed by atoms with Crippen LogP contribution in [-0.2, 0) is 0 Å². The number of hydrogen-bond donors (Lipinski definition) is 4. The standard InChI is InChI=1S/C20H34N4S3/c1-26-17-8-3-2-7-15(17)24-20(25)22-14-6-4-5-13(11-14)19-23-16-9-10-21-12-18(16)27-19/h2,7,10,13-20,22-25H,3-6,8-9,11-12H2,1H3. The fourth-order valence-electron chi connectivity index (χ4n) is 4.99. The van der Waals surface area contributed by atoms with Gasteiger partial charge in [-0.3, -0.25) is 15.6 Å². The van der Waals surface area contributed by atoms with E-state index in [0.717, 1.165) is 18.9 Å². The Hall–Kier alpha value is 0.340. The van der Waals surface area contributed by atoms with Crippen LogP contribution in [0.1, 0.15) is 44.9 Å². The molecule has 2 fully saturated rings. The molecule has 0 spiro atoms. The highest BCUT2D eigenvalue weighted by Gasteiger charge is 2.40. The van der Waals surface area contributed by atoms with Crippen LogP contribution in [0.25, 0.3) is 0 Å². The first kappa shape index (κ1) is 20.6. The van der Waals surface area contributed by atoms with Crippen LogP contribution < -0.4 is 16.0 Å². The number of fused-ring (bicyclic) bond motifs is 1. The van der Waals surface area contributed by atoms with E-state index in [1.54, 1.807) is 0 Å². The van der Waals surface area contributed by atoms with Gasteiger partial charge in [-0.25, -0.2) is 0 Å². The van der Waals surface area contributed by atoms with Crippen molar-refractivity contribution in [2.75, 3.05) is 12.8 Å². The molecule has 4 rings (SSSR count). The van der Waals surface area contributed by atoms with Gasteiger partial charge in [0.1, 0.15) is 5.50 Å². The van der Waals surface area contributed by atoms with Gasteiger partial charge in [0.25, 0.3) is 0 Å². The third-order valence-electron chi connectivity index (χ3n) is 6.47. The van der Waals surface area contributed by atoms with E-state index in [4.69, 9.17) is 12.6 Å². The molecule has 0 aromatic carbocycles. The summed E-state index contributed by atoms with van der Waals surface area (Å²) in [6, 6.07) is 1.64. The molecule has 0 amide bonds. The van der Waals surface area contributed by atoms with Crippen molar-refractivity contribution in [3.63, 3.8) is 0 Å². The van der Waals surface area contributed by atoms with Crippen molar-refractivity contribution < 1.29 is 0 Å². The number of thiol groups is 1. The minimum Gasteiger partial charge on any atom is -0.301 e. The minimum absolute atomic E-state index is 0.0660. The normalized spacial score (nSPS) is 42.8. The maximum atomic E-state index is 4.83. The summed E-state index contributed by atoms with van der Waals surface area (Å²) in [4.78, 5) is 4.50. The van der Waals surface area contributed by atoms with Gasteiger partial charge < -0.3 is 5.32 Å². The van der Waals surface area contributed by atoms with Crippen molar-refractivity contribution in [1.82, 2.24) is 16.0 Å². The molecule has 1 saturated heterocycles. The van der Waals surface area contributed by atoms with E-state index in [1.165, 1.54) is 38.5 Å². The van der Waals surface area contributed by atoms with E-state index in [9.17, 15) is 0 Å². The van der Waals surface area contributed by atoms with Gasteiger partial charge in [0.2, 0.25) is 0 Å². The van der Waals surface area contributed by atoms with Crippen molar-refractivity contribution in [2.45, 2.75) is 84.4 Å². The summed E-state index contributed by atoms with van der Waals surface area (Å²) in [6.07, 6.45) is 17.8. The second kappa shape index (κ2) is 9.90. The summed E-state index contributed by atoms with van der Waals surface area (Å²) in [5.41, 5.74) is 0.0660. The molecule has 0 radical (unpaired) electrons. The third-order valence-corrected chi connectivity index (χ3v) is 9.55. The monoisotopic (exact) mass is 426 g/mol. The van der Waals surface area contributed by atoms with Gasteiger partial charge in [-0.15, -0.1) is 24.4 Å². The molecule has 8 atom stereocenters. The fraction of sp³-hybridized carbons (Fsp3) is 0.850. The van der Waals surface area contributed by atoms with Crippen molar-refractivity contribution >= 4 is 42.4 Å². The molecule has 0 aromatic rings. The van der Waals surface area contributed by atoms with Gasteiger partial charge in [0, 0.05) is 34.8 Å². The van der Waals surface area contributed by atoms with Crippen LogP contribution in [0, 0.1) is 5.92 Å². The van der Waals surface area contributed by atoms with Crippen LogP contribution in [0.2, 0.25) is 0 Å². The smallest absolute Gasteiger partial charge is 0.103 e. The second-order valence-corrected chi connectivity index (χ2v) is 11.3. The Balaban J connectivity index is 1.26. The summed E-state index contributed by atoms with van der Waals surface area (Å²) in [5.74, 6) is 0.765. The molecular weight excluding hydrogens is 392 g/mol. The van der Waals surface area contributed by atoms with Gasteiger partial charge in [-0.05, 0) is 50.7 Å². The molecule has 152 valence electrons. The molecule has 2 aliphatic heterocycles. The molecule has 2 heterocycles. The summed E-state index contributed by atoms with van der Waals surface area (Å²) in [5, 5.41) is 13.4. The Kier molecular flexibility index (Phi) is 7.55. The van der Waals surface area contributed by atoms with Gasteiger partial charge in [-0.2, -0.15) is 11.8 Å². The quantitative estimate of drug-likeness (QED) is 0.298. The average molecular weight is 427 g/mol. The predicted molar refractivity (Wildman–Crippen MR) is 124 cm³/mol. The predicted octanol–water partition coefficient (Wildman–Crippen LogP) is 3.26. The number of nitrogens with one attached hydrogen (secondary N) is 3. The molecule has 4 aliphatic rings. The average Bonchev–Trinajstić information content (AvgIpc) is 3.13. The summed E-state index contributed by atoms with van der Waals surface area (Å²) >= 11 is 8.96. The number of allylic oxidation sites excluding steroid dienone is 1. The minimum atomic E-state index is 0.0660. The van der Waals surface area contributed by atoms with Gasteiger partial charge in [0.15, 0.2) is 0 Å². The Labute approximate surface area is 178 Å². The van der Waals surface area contributed by atoms with E-state index in [0.29, 0.717) is 34.0 Å². The van der Waals surface area contributed by atoms with Gasteiger partial charge in [-0.1, -0.05) is 18.6 Å². The maximum Gasteiger partial charge on any atom is 0.103 e. The number of nitrogens with zero attached hydrogens (tertiary/aromatic N) is 1. The van der Waals surface area contributed by atoms with Crippen molar-refractivity contribution in [3.8, 4) is 0 Å². The van der Waals surface area contributed by atoms with Crippen molar-refractivity contribution in [2.24, 2.45) is 10.9 Å². The first-order valence-corrected chi connectivity index (χ1v) is 13.3. The summed E-state index contributed by atoms with van der Waals surface area (Å²) in [7, 11) is 0. The summed E-state index contributed by atoms with van der Waals surface area (Å²) < 4.78 is 0. The van der Waals surface area contributed by atoms with Crippen LogP contribution in [0.4, 0.5) is 0 Å². The molecule has 0 bridgehead atoms. The van der Waals surface area contributed by atoms with Gasteiger partial charge >= 0.3 is 0 Å². The number of thioether (sulfide) groups is 2.